The van der Waals surface area contributed by atoms with Crippen LogP contribution in [0.15, 0.2) is 18.2 Å². The smallest absolute Gasteiger partial charge is 0.159 e. The van der Waals surface area contributed by atoms with Gasteiger partial charge in [-0.3, -0.25) is 4.79 Å². The van der Waals surface area contributed by atoms with Crippen molar-refractivity contribution in [2.24, 2.45) is 5.41 Å². The SMILES string of the molecule is CC(=O)c1ccc(Cl)c(CCC(C)(C)C)c1. The molecule has 0 aliphatic rings. The number of halogens is 1. The highest BCUT2D eigenvalue weighted by atomic mass is 35.5. The summed E-state index contributed by atoms with van der Waals surface area (Å²) in [6.07, 6.45) is 1.98. The molecule has 0 N–H and O–H groups in total. The van der Waals surface area contributed by atoms with Crippen molar-refractivity contribution in [1.29, 1.82) is 0 Å². The van der Waals surface area contributed by atoms with Gasteiger partial charge in [0.2, 0.25) is 0 Å². The van der Waals surface area contributed by atoms with E-state index in [9.17, 15) is 4.79 Å². The Morgan fingerprint density at radius 3 is 2.44 bits per heavy atom. The zero-order chi connectivity index (χ0) is 12.3. The van der Waals surface area contributed by atoms with Crippen LogP contribution in [0.1, 0.15) is 50.0 Å². The van der Waals surface area contributed by atoms with Crippen LogP contribution in [-0.4, -0.2) is 5.78 Å². The summed E-state index contributed by atoms with van der Waals surface area (Å²) in [6.45, 7) is 8.19. The van der Waals surface area contributed by atoms with Crippen molar-refractivity contribution >= 4 is 17.4 Å². The fourth-order valence-corrected chi connectivity index (χ4v) is 1.71. The molecule has 2 heteroatoms. The lowest BCUT2D eigenvalue weighted by molar-refractivity contribution is 0.101. The Bertz CT molecular complexity index is 388. The summed E-state index contributed by atoms with van der Waals surface area (Å²) in [5.41, 5.74) is 2.10. The maximum Gasteiger partial charge on any atom is 0.159 e. The number of aryl methyl sites for hydroxylation is 1. The van der Waals surface area contributed by atoms with E-state index in [2.05, 4.69) is 20.8 Å². The Kier molecular flexibility index (Phi) is 4.15. The Balaban J connectivity index is 2.86. The second-order valence-electron chi connectivity index (χ2n) is 5.42. The quantitative estimate of drug-likeness (QED) is 0.708. The van der Waals surface area contributed by atoms with Crippen LogP contribution in [0.2, 0.25) is 5.02 Å². The predicted octanol–water partition coefficient (Wildman–Crippen LogP) is 4.52. The molecule has 0 fully saturated rings. The average molecular weight is 239 g/mol. The first-order valence-electron chi connectivity index (χ1n) is 5.59. The van der Waals surface area contributed by atoms with Crippen molar-refractivity contribution in [3.8, 4) is 0 Å². The highest BCUT2D eigenvalue weighted by Crippen LogP contribution is 2.25. The van der Waals surface area contributed by atoms with Crippen LogP contribution in [0, 0.1) is 5.41 Å². The molecule has 0 aliphatic heterocycles. The van der Waals surface area contributed by atoms with Gasteiger partial charge in [0.15, 0.2) is 5.78 Å². The van der Waals surface area contributed by atoms with E-state index in [1.807, 2.05) is 12.1 Å². The van der Waals surface area contributed by atoms with Gasteiger partial charge in [-0.15, -0.1) is 0 Å². The van der Waals surface area contributed by atoms with E-state index in [0.29, 0.717) is 0 Å². The Hall–Kier alpha value is -0.820. The number of hydrogen-bond donors (Lipinski definition) is 0. The summed E-state index contributed by atoms with van der Waals surface area (Å²) in [7, 11) is 0. The van der Waals surface area contributed by atoms with Crippen LogP contribution in [0.5, 0.6) is 0 Å². The molecule has 0 radical (unpaired) electrons. The average Bonchev–Trinajstić information content (AvgIpc) is 2.14. The molecule has 0 saturated carbocycles. The molecule has 0 atom stereocenters. The Morgan fingerprint density at radius 1 is 1.31 bits per heavy atom. The minimum absolute atomic E-state index is 0.0914. The molecular weight excluding hydrogens is 220 g/mol. The van der Waals surface area contributed by atoms with Gasteiger partial charge in [0, 0.05) is 10.6 Å². The lowest BCUT2D eigenvalue weighted by atomic mass is 9.88. The Labute approximate surface area is 103 Å². The molecule has 0 aromatic heterocycles. The fraction of sp³-hybridized carbons (Fsp3) is 0.500. The second-order valence-corrected chi connectivity index (χ2v) is 5.83. The molecule has 1 nitrogen and oxygen atoms in total. The van der Waals surface area contributed by atoms with Crippen molar-refractivity contribution < 1.29 is 4.79 Å². The van der Waals surface area contributed by atoms with Crippen molar-refractivity contribution in [3.63, 3.8) is 0 Å². The van der Waals surface area contributed by atoms with E-state index in [1.54, 1.807) is 13.0 Å². The summed E-state index contributed by atoms with van der Waals surface area (Å²) < 4.78 is 0. The lowest BCUT2D eigenvalue weighted by Gasteiger charge is -2.18. The van der Waals surface area contributed by atoms with E-state index in [-0.39, 0.29) is 11.2 Å². The van der Waals surface area contributed by atoms with Crippen LogP contribution in [0.25, 0.3) is 0 Å². The van der Waals surface area contributed by atoms with Gasteiger partial charge in [-0.25, -0.2) is 0 Å². The molecule has 0 amide bonds. The van der Waals surface area contributed by atoms with Gasteiger partial charge < -0.3 is 0 Å². The maximum absolute atomic E-state index is 11.3. The number of carbonyl (C=O) groups is 1. The van der Waals surface area contributed by atoms with Gasteiger partial charge in [0.05, 0.1) is 0 Å². The van der Waals surface area contributed by atoms with Gasteiger partial charge in [-0.2, -0.15) is 0 Å². The molecule has 1 aromatic carbocycles. The monoisotopic (exact) mass is 238 g/mol. The third-order valence-corrected chi connectivity index (χ3v) is 2.97. The summed E-state index contributed by atoms with van der Waals surface area (Å²) in [6, 6.07) is 5.51. The van der Waals surface area contributed by atoms with Gasteiger partial charge in [0.1, 0.15) is 0 Å². The molecule has 0 saturated heterocycles. The van der Waals surface area contributed by atoms with E-state index >= 15 is 0 Å². The van der Waals surface area contributed by atoms with Crippen LogP contribution in [-0.2, 0) is 6.42 Å². The highest BCUT2D eigenvalue weighted by molar-refractivity contribution is 6.31. The summed E-state index contributed by atoms with van der Waals surface area (Å²) in [4.78, 5) is 11.3. The van der Waals surface area contributed by atoms with E-state index in [4.69, 9.17) is 11.6 Å². The van der Waals surface area contributed by atoms with Gasteiger partial charge >= 0.3 is 0 Å². The van der Waals surface area contributed by atoms with Gasteiger partial charge in [-0.05, 0) is 48.9 Å². The summed E-state index contributed by atoms with van der Waals surface area (Å²) >= 11 is 6.12. The van der Waals surface area contributed by atoms with E-state index in [0.717, 1.165) is 29.0 Å². The number of hydrogen-bond acceptors (Lipinski definition) is 1. The maximum atomic E-state index is 11.3. The number of benzene rings is 1. The number of carbonyl (C=O) groups excluding carboxylic acids is 1. The third-order valence-electron chi connectivity index (χ3n) is 2.60. The molecule has 1 rings (SSSR count). The molecule has 1 aromatic rings. The first kappa shape index (κ1) is 13.2. The highest BCUT2D eigenvalue weighted by Gasteiger charge is 2.12. The Morgan fingerprint density at radius 2 is 1.94 bits per heavy atom. The summed E-state index contributed by atoms with van der Waals surface area (Å²) in [5.74, 6) is 0.0914. The van der Waals surface area contributed by atoms with Gasteiger partial charge in [0.25, 0.3) is 0 Å². The molecule has 0 bridgehead atoms. The van der Waals surface area contributed by atoms with Crippen LogP contribution < -0.4 is 0 Å². The second kappa shape index (κ2) is 5.01. The number of Topliss-reactive ketones (excluding diaryl/α,β-unsaturated/α-hetero) is 1. The normalized spacial score (nSPS) is 11.6. The number of ketones is 1. The largest absolute Gasteiger partial charge is 0.295 e. The lowest BCUT2D eigenvalue weighted by Crippen LogP contribution is -2.07. The van der Waals surface area contributed by atoms with Crippen LogP contribution in [0.4, 0.5) is 0 Å². The first-order valence-corrected chi connectivity index (χ1v) is 5.97. The van der Waals surface area contributed by atoms with Crippen molar-refractivity contribution in [3.05, 3.63) is 34.3 Å². The minimum atomic E-state index is 0.0914. The van der Waals surface area contributed by atoms with Crippen LogP contribution in [0.3, 0.4) is 0 Å². The van der Waals surface area contributed by atoms with Crippen molar-refractivity contribution in [1.82, 2.24) is 0 Å². The topological polar surface area (TPSA) is 17.1 Å². The molecule has 16 heavy (non-hydrogen) atoms. The third kappa shape index (κ3) is 3.97. The number of rotatable bonds is 3. The molecular formula is C14H19ClO. The first-order chi connectivity index (χ1) is 7.29. The molecule has 0 spiro atoms. The fourth-order valence-electron chi connectivity index (χ4n) is 1.49. The molecule has 88 valence electrons. The molecule has 0 heterocycles. The predicted molar refractivity (Wildman–Crippen MR) is 69.2 cm³/mol. The summed E-state index contributed by atoms with van der Waals surface area (Å²) in [5, 5.41) is 0.759. The van der Waals surface area contributed by atoms with E-state index < -0.39 is 0 Å². The zero-order valence-corrected chi connectivity index (χ0v) is 11.2. The molecule has 0 unspecified atom stereocenters. The van der Waals surface area contributed by atoms with Gasteiger partial charge in [-0.1, -0.05) is 32.4 Å². The van der Waals surface area contributed by atoms with E-state index in [1.165, 1.54) is 0 Å². The standard InChI is InChI=1S/C14H19ClO/c1-10(16)11-5-6-13(15)12(9-11)7-8-14(2,3)4/h5-6,9H,7-8H2,1-4H3. The minimum Gasteiger partial charge on any atom is -0.295 e. The van der Waals surface area contributed by atoms with Crippen molar-refractivity contribution in [2.75, 3.05) is 0 Å². The molecule has 0 aliphatic carbocycles. The van der Waals surface area contributed by atoms with Crippen LogP contribution >= 0.6 is 11.6 Å². The van der Waals surface area contributed by atoms with Crippen molar-refractivity contribution in [2.45, 2.75) is 40.5 Å². The zero-order valence-electron chi connectivity index (χ0n) is 10.4.